The van der Waals surface area contributed by atoms with Gasteiger partial charge in [-0.3, -0.25) is 0 Å². The smallest absolute Gasteiger partial charge is 0.0192 e. The third kappa shape index (κ3) is 8.52. The molecule has 14 heavy (non-hydrogen) atoms. The largest absolute Gasteiger partial charge is 0.304 e. The molecule has 0 saturated carbocycles. The van der Waals surface area contributed by atoms with Crippen LogP contribution >= 0.6 is 0 Å². The van der Waals surface area contributed by atoms with Gasteiger partial charge in [0.15, 0.2) is 0 Å². The van der Waals surface area contributed by atoms with E-state index < -0.39 is 0 Å². The molecule has 0 aromatic rings. The molecule has 88 valence electrons. The minimum absolute atomic E-state index is 0.740. The van der Waals surface area contributed by atoms with Crippen molar-refractivity contribution in [2.24, 2.45) is 0 Å². The highest BCUT2D eigenvalue weighted by Gasteiger charge is 2.16. The molecule has 0 aromatic carbocycles. The summed E-state index contributed by atoms with van der Waals surface area (Å²) in [5.74, 6) is 0. The average Bonchev–Trinajstić information content (AvgIpc) is 2.17. The summed E-state index contributed by atoms with van der Waals surface area (Å²) in [4.78, 5) is 4.78. The van der Waals surface area contributed by atoms with Crippen molar-refractivity contribution in [2.75, 3.05) is 33.7 Å². The first-order valence-electron chi connectivity index (χ1n) is 6.00. The van der Waals surface area contributed by atoms with E-state index in [1.807, 2.05) is 13.8 Å². The molecule has 1 heterocycles. The molecule has 0 aromatic heterocycles. The first kappa shape index (κ1) is 16.4. The van der Waals surface area contributed by atoms with E-state index in [1.165, 1.54) is 26.1 Å². The van der Waals surface area contributed by atoms with Gasteiger partial charge in [-0.2, -0.15) is 0 Å². The van der Waals surface area contributed by atoms with Crippen LogP contribution in [0, 0.1) is 0 Å². The Hall–Kier alpha value is -0.0800. The molecule has 1 saturated heterocycles. The summed E-state index contributed by atoms with van der Waals surface area (Å²) in [6.45, 7) is 14.2. The van der Waals surface area contributed by atoms with Crippen molar-refractivity contribution in [3.05, 3.63) is 0 Å². The molecule has 1 unspecified atom stereocenters. The van der Waals surface area contributed by atoms with Crippen LogP contribution in [0.1, 0.15) is 41.0 Å². The van der Waals surface area contributed by atoms with Crippen molar-refractivity contribution < 1.29 is 0 Å². The molecule has 1 atom stereocenters. The van der Waals surface area contributed by atoms with Crippen molar-refractivity contribution in [3.63, 3.8) is 0 Å². The van der Waals surface area contributed by atoms with Gasteiger partial charge in [0.1, 0.15) is 0 Å². The van der Waals surface area contributed by atoms with E-state index in [4.69, 9.17) is 0 Å². The summed E-state index contributed by atoms with van der Waals surface area (Å²) >= 11 is 0. The van der Waals surface area contributed by atoms with E-state index in [1.54, 1.807) is 0 Å². The first-order valence-corrected chi connectivity index (χ1v) is 6.00. The Balaban J connectivity index is 0. The predicted molar refractivity (Wildman–Crippen MR) is 66.9 cm³/mol. The summed E-state index contributed by atoms with van der Waals surface area (Å²) in [5.41, 5.74) is 0. The Morgan fingerprint density at radius 3 is 1.79 bits per heavy atom. The summed E-state index contributed by atoms with van der Waals surface area (Å²) in [6, 6.07) is 0.740. The lowest BCUT2D eigenvalue weighted by atomic mass is 10.2. The fraction of sp³-hybridized carbons (Fsp3) is 1.00. The van der Waals surface area contributed by atoms with E-state index in [0.29, 0.717) is 0 Å². The van der Waals surface area contributed by atoms with E-state index in [0.717, 1.165) is 6.04 Å². The number of piperazine rings is 1. The monoisotopic (exact) mass is 202 g/mol. The highest BCUT2D eigenvalue weighted by Crippen LogP contribution is 2.03. The fourth-order valence-electron chi connectivity index (χ4n) is 1.23. The maximum absolute atomic E-state index is 2.40. The predicted octanol–water partition coefficient (Wildman–Crippen LogP) is 2.69. The Bertz CT molecular complexity index is 104. The minimum Gasteiger partial charge on any atom is -0.304 e. The van der Waals surface area contributed by atoms with Crippen LogP contribution in [0.4, 0.5) is 0 Å². The number of nitrogens with zero attached hydrogens (tertiary/aromatic N) is 2. The molecule has 1 aliphatic heterocycles. The van der Waals surface area contributed by atoms with Crippen LogP contribution in [0.3, 0.4) is 0 Å². The lowest BCUT2D eigenvalue weighted by Gasteiger charge is -2.35. The van der Waals surface area contributed by atoms with Crippen LogP contribution in [-0.4, -0.2) is 49.6 Å². The van der Waals surface area contributed by atoms with Crippen molar-refractivity contribution in [2.45, 2.75) is 47.1 Å². The maximum Gasteiger partial charge on any atom is 0.0192 e. The molecule has 0 aliphatic carbocycles. The van der Waals surface area contributed by atoms with Crippen molar-refractivity contribution in [3.8, 4) is 0 Å². The first-order chi connectivity index (χ1) is 6.61. The summed E-state index contributed by atoms with van der Waals surface area (Å²) in [6.07, 6.45) is 1.25. The van der Waals surface area contributed by atoms with E-state index in [-0.39, 0.29) is 0 Å². The van der Waals surface area contributed by atoms with Crippen molar-refractivity contribution in [1.82, 2.24) is 9.80 Å². The summed E-state index contributed by atoms with van der Waals surface area (Å²) in [5, 5.41) is 0. The molecular formula is C12H30N2. The van der Waals surface area contributed by atoms with Gasteiger partial charge in [0.25, 0.3) is 0 Å². The quantitative estimate of drug-likeness (QED) is 0.596. The molecule has 0 bridgehead atoms. The van der Waals surface area contributed by atoms with E-state index >= 15 is 0 Å². The fourth-order valence-corrected chi connectivity index (χ4v) is 1.23. The summed E-state index contributed by atoms with van der Waals surface area (Å²) in [7, 11) is 4.38. The zero-order chi connectivity index (χ0) is 11.6. The topological polar surface area (TPSA) is 6.48 Å². The Morgan fingerprint density at radius 2 is 1.50 bits per heavy atom. The second-order valence-electron chi connectivity index (χ2n) is 3.80. The Morgan fingerprint density at radius 1 is 1.07 bits per heavy atom. The molecular weight excluding hydrogens is 172 g/mol. The summed E-state index contributed by atoms with van der Waals surface area (Å²) < 4.78 is 0. The number of hydrogen-bond acceptors (Lipinski definition) is 2. The molecule has 0 radical (unpaired) electrons. The second kappa shape index (κ2) is 11.0. The lowest BCUT2D eigenvalue weighted by molar-refractivity contribution is 0.125. The van der Waals surface area contributed by atoms with Gasteiger partial charge in [-0.15, -0.1) is 0 Å². The average molecular weight is 202 g/mol. The van der Waals surface area contributed by atoms with Crippen LogP contribution in [-0.2, 0) is 0 Å². The van der Waals surface area contributed by atoms with Gasteiger partial charge >= 0.3 is 0 Å². The van der Waals surface area contributed by atoms with Crippen LogP contribution in [0.5, 0.6) is 0 Å². The van der Waals surface area contributed by atoms with Crippen molar-refractivity contribution in [1.29, 1.82) is 0 Å². The van der Waals surface area contributed by atoms with Crippen molar-refractivity contribution >= 4 is 0 Å². The molecule has 1 aliphatic rings. The standard InChI is InChI=1S/C7H16N2.C3H8.C2H6/c1-7-6-8(2)4-5-9(7)3;1-3-2;1-2/h7H,4-6H2,1-3H3;3H2,1-2H3;1-2H3. The molecule has 0 spiro atoms. The van der Waals surface area contributed by atoms with Crippen LogP contribution in [0.25, 0.3) is 0 Å². The van der Waals surface area contributed by atoms with E-state index in [9.17, 15) is 0 Å². The van der Waals surface area contributed by atoms with Crippen LogP contribution in [0.2, 0.25) is 0 Å². The third-order valence-electron chi connectivity index (χ3n) is 2.16. The number of hydrogen-bond donors (Lipinski definition) is 0. The normalized spacial score (nSPS) is 22.9. The van der Waals surface area contributed by atoms with Gasteiger partial charge in [-0.25, -0.2) is 0 Å². The van der Waals surface area contributed by atoms with Gasteiger partial charge in [0, 0.05) is 25.7 Å². The van der Waals surface area contributed by atoms with E-state index in [2.05, 4.69) is 44.7 Å². The molecule has 1 fully saturated rings. The highest BCUT2D eigenvalue weighted by atomic mass is 15.3. The number of rotatable bonds is 0. The van der Waals surface area contributed by atoms with Crippen LogP contribution < -0.4 is 0 Å². The second-order valence-corrected chi connectivity index (χ2v) is 3.80. The highest BCUT2D eigenvalue weighted by molar-refractivity contribution is 4.73. The molecule has 1 rings (SSSR count). The maximum atomic E-state index is 2.40. The SMILES string of the molecule is CC.CC1CN(C)CCN1C.CCC. The molecule has 2 nitrogen and oxygen atoms in total. The van der Waals surface area contributed by atoms with Gasteiger partial charge < -0.3 is 9.80 Å². The zero-order valence-corrected chi connectivity index (χ0v) is 11.3. The lowest BCUT2D eigenvalue weighted by Crippen LogP contribution is -2.48. The van der Waals surface area contributed by atoms with Gasteiger partial charge in [-0.05, 0) is 21.0 Å². The third-order valence-corrected chi connectivity index (χ3v) is 2.16. The molecule has 0 N–H and O–H groups in total. The van der Waals surface area contributed by atoms with Gasteiger partial charge in [-0.1, -0.05) is 34.1 Å². The Kier molecular flexibility index (Phi) is 12.8. The number of likely N-dealkylation sites (N-methyl/N-ethyl adjacent to an activating group) is 2. The zero-order valence-electron chi connectivity index (χ0n) is 11.3. The van der Waals surface area contributed by atoms with Gasteiger partial charge in [0.2, 0.25) is 0 Å². The van der Waals surface area contributed by atoms with Crippen LogP contribution in [0.15, 0.2) is 0 Å². The molecule has 0 amide bonds. The molecule has 2 heteroatoms. The van der Waals surface area contributed by atoms with Gasteiger partial charge in [0.05, 0.1) is 0 Å². The Labute approximate surface area is 91.3 Å². The minimum atomic E-state index is 0.740.